The number of aryl methyl sites for hydroxylation is 1. The normalized spacial score (nSPS) is 12.2. The molecule has 1 aromatic rings. The van der Waals surface area contributed by atoms with E-state index < -0.39 is 11.4 Å². The number of aliphatic carboxylic acids is 1. The number of rotatable bonds is 4. The molecule has 17 heavy (non-hydrogen) atoms. The van der Waals surface area contributed by atoms with Gasteiger partial charge >= 0.3 is 5.97 Å². The second-order valence-corrected chi connectivity index (χ2v) is 5.72. The smallest absolute Gasteiger partial charge is 0.313 e. The van der Waals surface area contributed by atoms with Crippen molar-refractivity contribution in [2.45, 2.75) is 53.5 Å². The van der Waals surface area contributed by atoms with Gasteiger partial charge < -0.3 is 9.67 Å². The molecule has 0 amide bonds. The zero-order valence-corrected chi connectivity index (χ0v) is 11.7. The summed E-state index contributed by atoms with van der Waals surface area (Å²) in [7, 11) is 0. The summed E-state index contributed by atoms with van der Waals surface area (Å²) in [5.41, 5.74) is 2.31. The van der Waals surface area contributed by atoms with E-state index in [1.165, 1.54) is 0 Å². The number of nitrogens with zero attached hydrogens (tertiary/aromatic N) is 1. The molecule has 1 aromatic heterocycles. The highest BCUT2D eigenvalue weighted by Crippen LogP contribution is 2.29. The molecule has 0 aliphatic carbocycles. The molecule has 1 N–H and O–H groups in total. The summed E-state index contributed by atoms with van der Waals surface area (Å²) in [5.74, 6) is -0.220. The van der Waals surface area contributed by atoms with Crippen LogP contribution in [-0.2, 0) is 16.8 Å². The van der Waals surface area contributed by atoms with Crippen molar-refractivity contribution in [3.63, 3.8) is 0 Å². The Morgan fingerprint density at radius 1 is 1.41 bits per heavy atom. The zero-order chi connectivity index (χ0) is 13.4. The summed E-state index contributed by atoms with van der Waals surface area (Å²) >= 11 is 0. The van der Waals surface area contributed by atoms with Gasteiger partial charge in [-0.05, 0) is 45.2 Å². The molecule has 0 saturated heterocycles. The van der Waals surface area contributed by atoms with Crippen molar-refractivity contribution in [2.75, 3.05) is 0 Å². The van der Waals surface area contributed by atoms with Crippen LogP contribution in [0.4, 0.5) is 0 Å². The lowest BCUT2D eigenvalue weighted by molar-refractivity contribution is -0.142. The van der Waals surface area contributed by atoms with Crippen LogP contribution in [-0.4, -0.2) is 15.6 Å². The van der Waals surface area contributed by atoms with Crippen molar-refractivity contribution in [3.8, 4) is 0 Å². The molecule has 96 valence electrons. The van der Waals surface area contributed by atoms with Crippen molar-refractivity contribution < 1.29 is 9.90 Å². The lowest BCUT2D eigenvalue weighted by Gasteiger charge is -2.20. The van der Waals surface area contributed by atoms with Gasteiger partial charge in [0.05, 0.1) is 5.41 Å². The van der Waals surface area contributed by atoms with Crippen LogP contribution in [0.2, 0.25) is 0 Å². The minimum Gasteiger partial charge on any atom is -0.481 e. The fraction of sp³-hybridized carbons (Fsp3) is 0.643. The number of hydrogen-bond donors (Lipinski definition) is 1. The van der Waals surface area contributed by atoms with Crippen LogP contribution in [0.15, 0.2) is 6.07 Å². The van der Waals surface area contributed by atoms with Crippen molar-refractivity contribution in [1.82, 2.24) is 4.57 Å². The van der Waals surface area contributed by atoms with Crippen LogP contribution in [0, 0.1) is 19.8 Å². The van der Waals surface area contributed by atoms with Gasteiger partial charge in [0.1, 0.15) is 0 Å². The Kier molecular flexibility index (Phi) is 3.70. The Morgan fingerprint density at radius 2 is 1.94 bits per heavy atom. The molecular formula is C14H23NO2. The predicted molar refractivity (Wildman–Crippen MR) is 69.4 cm³/mol. The topological polar surface area (TPSA) is 42.2 Å². The van der Waals surface area contributed by atoms with Gasteiger partial charge in [-0.15, -0.1) is 0 Å². The fourth-order valence-corrected chi connectivity index (χ4v) is 2.20. The third-order valence-electron chi connectivity index (χ3n) is 3.33. The standard InChI is InChI=1S/C14H23NO2/c1-9(2)8-15-10(3)7-12(11(15)4)14(5,6)13(16)17/h7,9H,8H2,1-6H3,(H,16,17). The Balaban J connectivity index is 3.26. The molecule has 0 aliphatic heterocycles. The molecule has 0 unspecified atom stereocenters. The van der Waals surface area contributed by atoms with Crippen LogP contribution < -0.4 is 0 Å². The summed E-state index contributed by atoms with van der Waals surface area (Å²) < 4.78 is 2.21. The average molecular weight is 237 g/mol. The summed E-state index contributed by atoms with van der Waals surface area (Å²) in [5, 5.41) is 9.29. The molecule has 1 heterocycles. The van der Waals surface area contributed by atoms with Gasteiger partial charge in [0.2, 0.25) is 0 Å². The van der Waals surface area contributed by atoms with Gasteiger partial charge in [-0.25, -0.2) is 0 Å². The predicted octanol–water partition coefficient (Wildman–Crippen LogP) is 3.12. The third kappa shape index (κ3) is 2.54. The minimum atomic E-state index is -0.822. The Labute approximate surface area is 103 Å². The first-order chi connectivity index (χ1) is 7.67. The van der Waals surface area contributed by atoms with Crippen LogP contribution in [0.3, 0.4) is 0 Å². The lowest BCUT2D eigenvalue weighted by Crippen LogP contribution is -2.29. The highest BCUT2D eigenvalue weighted by atomic mass is 16.4. The number of carbonyl (C=O) groups is 1. The van der Waals surface area contributed by atoms with Crippen LogP contribution >= 0.6 is 0 Å². The second kappa shape index (κ2) is 4.55. The van der Waals surface area contributed by atoms with E-state index in [1.54, 1.807) is 13.8 Å². The van der Waals surface area contributed by atoms with Crippen molar-refractivity contribution in [1.29, 1.82) is 0 Å². The molecule has 0 fully saturated rings. The minimum absolute atomic E-state index is 0.556. The molecular weight excluding hydrogens is 214 g/mol. The van der Waals surface area contributed by atoms with Crippen LogP contribution in [0.5, 0.6) is 0 Å². The Morgan fingerprint density at radius 3 is 2.35 bits per heavy atom. The molecule has 0 spiro atoms. The van der Waals surface area contributed by atoms with Crippen molar-refractivity contribution in [2.24, 2.45) is 5.92 Å². The van der Waals surface area contributed by atoms with E-state index in [0.717, 1.165) is 23.5 Å². The van der Waals surface area contributed by atoms with Crippen molar-refractivity contribution >= 4 is 5.97 Å². The quantitative estimate of drug-likeness (QED) is 0.874. The third-order valence-corrected chi connectivity index (χ3v) is 3.33. The van der Waals surface area contributed by atoms with E-state index in [9.17, 15) is 9.90 Å². The monoisotopic (exact) mass is 237 g/mol. The maximum absolute atomic E-state index is 11.3. The summed E-state index contributed by atoms with van der Waals surface area (Å²) in [4.78, 5) is 11.3. The van der Waals surface area contributed by atoms with Crippen LogP contribution in [0.25, 0.3) is 0 Å². The highest BCUT2D eigenvalue weighted by molar-refractivity contribution is 5.80. The number of carboxylic acids is 1. The molecule has 3 heteroatoms. The second-order valence-electron chi connectivity index (χ2n) is 5.72. The number of carboxylic acid groups (broad SMARTS) is 1. The van der Waals surface area contributed by atoms with E-state index in [-0.39, 0.29) is 0 Å². The molecule has 1 rings (SSSR count). The molecule has 0 atom stereocenters. The summed E-state index contributed by atoms with van der Waals surface area (Å²) in [6.07, 6.45) is 0. The van der Waals surface area contributed by atoms with Gasteiger partial charge in [-0.3, -0.25) is 4.79 Å². The van der Waals surface area contributed by atoms with Crippen LogP contribution in [0.1, 0.15) is 44.6 Å². The first-order valence-corrected chi connectivity index (χ1v) is 6.08. The van der Waals surface area contributed by atoms with Crippen molar-refractivity contribution in [3.05, 3.63) is 23.0 Å². The van der Waals surface area contributed by atoms with E-state index in [0.29, 0.717) is 5.92 Å². The largest absolute Gasteiger partial charge is 0.481 e. The maximum atomic E-state index is 11.3. The Hall–Kier alpha value is -1.25. The first kappa shape index (κ1) is 13.8. The first-order valence-electron chi connectivity index (χ1n) is 6.08. The highest BCUT2D eigenvalue weighted by Gasteiger charge is 2.33. The van der Waals surface area contributed by atoms with Gasteiger partial charge in [0.15, 0.2) is 0 Å². The molecule has 0 saturated carbocycles. The van der Waals surface area contributed by atoms with Gasteiger partial charge in [0.25, 0.3) is 0 Å². The lowest BCUT2D eigenvalue weighted by atomic mass is 9.85. The number of hydrogen-bond acceptors (Lipinski definition) is 1. The maximum Gasteiger partial charge on any atom is 0.313 e. The average Bonchev–Trinajstić information content (AvgIpc) is 2.45. The van der Waals surface area contributed by atoms with E-state index in [4.69, 9.17) is 0 Å². The van der Waals surface area contributed by atoms with E-state index >= 15 is 0 Å². The van der Waals surface area contributed by atoms with Gasteiger partial charge in [0, 0.05) is 17.9 Å². The SMILES string of the molecule is Cc1cc(C(C)(C)C(=O)O)c(C)n1CC(C)C. The molecule has 0 aromatic carbocycles. The Bertz CT molecular complexity index is 428. The van der Waals surface area contributed by atoms with Gasteiger partial charge in [-0.2, -0.15) is 0 Å². The van der Waals surface area contributed by atoms with E-state index in [1.807, 2.05) is 19.9 Å². The molecule has 0 bridgehead atoms. The molecule has 3 nitrogen and oxygen atoms in total. The molecule has 0 aliphatic rings. The summed E-state index contributed by atoms with van der Waals surface area (Å²) in [6, 6.07) is 2.01. The zero-order valence-electron chi connectivity index (χ0n) is 11.7. The summed E-state index contributed by atoms with van der Waals surface area (Å²) in [6.45, 7) is 12.8. The number of aromatic nitrogens is 1. The molecule has 0 radical (unpaired) electrons. The van der Waals surface area contributed by atoms with Gasteiger partial charge in [-0.1, -0.05) is 13.8 Å². The fourth-order valence-electron chi connectivity index (χ4n) is 2.20. The van der Waals surface area contributed by atoms with E-state index in [2.05, 4.69) is 18.4 Å².